The Morgan fingerprint density at radius 1 is 1.59 bits per heavy atom. The van der Waals surface area contributed by atoms with Gasteiger partial charge in [-0.3, -0.25) is 0 Å². The van der Waals surface area contributed by atoms with E-state index in [-0.39, 0.29) is 6.61 Å². The summed E-state index contributed by atoms with van der Waals surface area (Å²) in [5.41, 5.74) is 1.02. The molecule has 0 fully saturated rings. The molecule has 0 radical (unpaired) electrons. The van der Waals surface area contributed by atoms with Crippen LogP contribution in [0, 0.1) is 11.3 Å². The lowest BCUT2D eigenvalue weighted by Crippen LogP contribution is -2.42. The zero-order valence-electron chi connectivity index (χ0n) is 9.75. The topological polar surface area (TPSA) is 73.6 Å². The lowest BCUT2D eigenvalue weighted by Gasteiger charge is -2.26. The SMILES string of the molecule is COCC(C(=O)O)N(C)c1ccccc1C#N. The molecule has 5 heteroatoms. The van der Waals surface area contributed by atoms with Gasteiger partial charge in [0.2, 0.25) is 0 Å². The van der Waals surface area contributed by atoms with Gasteiger partial charge in [0.15, 0.2) is 6.04 Å². The van der Waals surface area contributed by atoms with Crippen LogP contribution in [0.2, 0.25) is 0 Å². The molecule has 0 spiro atoms. The monoisotopic (exact) mass is 234 g/mol. The van der Waals surface area contributed by atoms with Crippen molar-refractivity contribution in [1.29, 1.82) is 5.26 Å². The van der Waals surface area contributed by atoms with Gasteiger partial charge in [0.05, 0.1) is 17.9 Å². The van der Waals surface area contributed by atoms with E-state index >= 15 is 0 Å². The Balaban J connectivity index is 3.05. The summed E-state index contributed by atoms with van der Waals surface area (Å²) < 4.78 is 4.88. The molecule has 0 amide bonds. The second-order valence-corrected chi connectivity index (χ2v) is 3.55. The second kappa shape index (κ2) is 5.87. The summed E-state index contributed by atoms with van der Waals surface area (Å²) in [7, 11) is 3.08. The average Bonchev–Trinajstić information content (AvgIpc) is 2.34. The molecule has 0 heterocycles. The quantitative estimate of drug-likeness (QED) is 0.825. The van der Waals surface area contributed by atoms with Crippen LogP contribution in [0.3, 0.4) is 0 Å². The lowest BCUT2D eigenvalue weighted by molar-refractivity contribution is -0.139. The Labute approximate surface area is 99.8 Å². The Morgan fingerprint density at radius 3 is 2.76 bits per heavy atom. The van der Waals surface area contributed by atoms with Crippen molar-refractivity contribution in [3.8, 4) is 6.07 Å². The number of nitriles is 1. The van der Waals surface area contributed by atoms with E-state index in [1.165, 1.54) is 12.0 Å². The fourth-order valence-corrected chi connectivity index (χ4v) is 1.55. The Bertz CT molecular complexity index is 440. The molecule has 5 nitrogen and oxygen atoms in total. The number of anilines is 1. The highest BCUT2D eigenvalue weighted by molar-refractivity contribution is 5.79. The first kappa shape index (κ1) is 13.0. The predicted octanol–water partition coefficient (Wildman–Crippen LogP) is 1.09. The van der Waals surface area contributed by atoms with Crippen molar-refractivity contribution in [3.05, 3.63) is 29.8 Å². The number of carbonyl (C=O) groups is 1. The smallest absolute Gasteiger partial charge is 0.328 e. The third-order valence-corrected chi connectivity index (χ3v) is 2.48. The first-order valence-electron chi connectivity index (χ1n) is 5.05. The molecular formula is C12H14N2O3. The van der Waals surface area contributed by atoms with Crippen molar-refractivity contribution in [2.75, 3.05) is 25.7 Å². The maximum atomic E-state index is 11.1. The molecule has 90 valence electrons. The molecule has 1 unspecified atom stereocenters. The number of rotatable bonds is 5. The van der Waals surface area contributed by atoms with Crippen LogP contribution in [-0.4, -0.2) is 37.9 Å². The molecular weight excluding hydrogens is 220 g/mol. The number of hydrogen-bond acceptors (Lipinski definition) is 4. The van der Waals surface area contributed by atoms with Crippen LogP contribution in [-0.2, 0) is 9.53 Å². The molecule has 0 aromatic heterocycles. The van der Waals surface area contributed by atoms with E-state index < -0.39 is 12.0 Å². The molecule has 1 aromatic carbocycles. The van der Waals surface area contributed by atoms with Gasteiger partial charge >= 0.3 is 5.97 Å². The van der Waals surface area contributed by atoms with E-state index in [2.05, 4.69) is 0 Å². The summed E-state index contributed by atoms with van der Waals surface area (Å²) in [6.45, 7) is 0.0611. The molecule has 0 aliphatic rings. The normalized spacial score (nSPS) is 11.6. The van der Waals surface area contributed by atoms with Crippen molar-refractivity contribution in [3.63, 3.8) is 0 Å². The summed E-state index contributed by atoms with van der Waals surface area (Å²) >= 11 is 0. The summed E-state index contributed by atoms with van der Waals surface area (Å²) in [6.07, 6.45) is 0. The van der Waals surface area contributed by atoms with Crippen LogP contribution in [0.1, 0.15) is 5.56 Å². The third-order valence-electron chi connectivity index (χ3n) is 2.48. The van der Waals surface area contributed by atoms with Gasteiger partial charge in [0, 0.05) is 14.2 Å². The van der Waals surface area contributed by atoms with Gasteiger partial charge in [-0.1, -0.05) is 12.1 Å². The highest BCUT2D eigenvalue weighted by atomic mass is 16.5. The van der Waals surface area contributed by atoms with Crippen molar-refractivity contribution >= 4 is 11.7 Å². The molecule has 0 bridgehead atoms. The summed E-state index contributed by atoms with van der Waals surface area (Å²) in [5, 5.41) is 18.1. The van der Waals surface area contributed by atoms with E-state index in [0.717, 1.165) is 0 Å². The van der Waals surface area contributed by atoms with E-state index in [4.69, 9.17) is 15.1 Å². The van der Waals surface area contributed by atoms with Crippen molar-refractivity contribution in [2.24, 2.45) is 0 Å². The number of carboxylic acids is 1. The average molecular weight is 234 g/mol. The number of ether oxygens (including phenoxy) is 1. The fourth-order valence-electron chi connectivity index (χ4n) is 1.55. The van der Waals surface area contributed by atoms with Crippen LogP contribution >= 0.6 is 0 Å². The molecule has 1 atom stereocenters. The summed E-state index contributed by atoms with van der Waals surface area (Å²) in [6, 6.07) is 8.09. The summed E-state index contributed by atoms with van der Waals surface area (Å²) in [5.74, 6) is -0.984. The van der Waals surface area contributed by atoms with E-state index in [9.17, 15) is 4.79 Å². The molecule has 0 aliphatic heterocycles. The Hall–Kier alpha value is -2.06. The van der Waals surface area contributed by atoms with E-state index in [1.807, 2.05) is 6.07 Å². The highest BCUT2D eigenvalue weighted by Gasteiger charge is 2.24. The standard InChI is InChI=1S/C12H14N2O3/c1-14(11(8-17-2)12(15)16)10-6-4-3-5-9(10)7-13/h3-6,11H,8H2,1-2H3,(H,15,16). The van der Waals surface area contributed by atoms with Gasteiger partial charge in [-0.15, -0.1) is 0 Å². The Morgan fingerprint density at radius 2 is 2.24 bits per heavy atom. The number of nitrogens with zero attached hydrogens (tertiary/aromatic N) is 2. The minimum Gasteiger partial charge on any atom is -0.480 e. The molecule has 17 heavy (non-hydrogen) atoms. The largest absolute Gasteiger partial charge is 0.480 e. The van der Waals surface area contributed by atoms with Gasteiger partial charge in [-0.2, -0.15) is 5.26 Å². The third kappa shape index (κ3) is 2.95. The number of hydrogen-bond donors (Lipinski definition) is 1. The van der Waals surface area contributed by atoms with Crippen LogP contribution in [0.15, 0.2) is 24.3 Å². The van der Waals surface area contributed by atoms with Gasteiger partial charge in [-0.25, -0.2) is 4.79 Å². The molecule has 0 saturated heterocycles. The van der Waals surface area contributed by atoms with Gasteiger partial charge < -0.3 is 14.7 Å². The second-order valence-electron chi connectivity index (χ2n) is 3.55. The van der Waals surface area contributed by atoms with Crippen molar-refractivity contribution in [2.45, 2.75) is 6.04 Å². The number of carboxylic acid groups (broad SMARTS) is 1. The minimum absolute atomic E-state index is 0.0611. The van der Waals surface area contributed by atoms with Crippen LogP contribution < -0.4 is 4.90 Å². The predicted molar refractivity (Wildman–Crippen MR) is 62.9 cm³/mol. The first-order chi connectivity index (χ1) is 8.11. The highest BCUT2D eigenvalue weighted by Crippen LogP contribution is 2.20. The summed E-state index contributed by atoms with van der Waals surface area (Å²) in [4.78, 5) is 12.6. The molecule has 1 rings (SSSR count). The lowest BCUT2D eigenvalue weighted by atomic mass is 10.1. The van der Waals surface area contributed by atoms with E-state index in [0.29, 0.717) is 11.3 Å². The first-order valence-corrected chi connectivity index (χ1v) is 5.05. The van der Waals surface area contributed by atoms with E-state index in [1.54, 1.807) is 31.3 Å². The van der Waals surface area contributed by atoms with Crippen LogP contribution in [0.25, 0.3) is 0 Å². The maximum absolute atomic E-state index is 11.1. The van der Waals surface area contributed by atoms with Gasteiger partial charge in [-0.05, 0) is 12.1 Å². The molecule has 1 N–H and O–H groups in total. The van der Waals surface area contributed by atoms with Crippen LogP contribution in [0.5, 0.6) is 0 Å². The van der Waals surface area contributed by atoms with Crippen LogP contribution in [0.4, 0.5) is 5.69 Å². The number of likely N-dealkylation sites (N-methyl/N-ethyl adjacent to an activating group) is 1. The van der Waals surface area contributed by atoms with Gasteiger partial charge in [0.1, 0.15) is 6.07 Å². The molecule has 0 aliphatic carbocycles. The number of benzene rings is 1. The molecule has 1 aromatic rings. The zero-order chi connectivity index (χ0) is 12.8. The Kier molecular flexibility index (Phi) is 4.49. The number of aliphatic carboxylic acids is 1. The maximum Gasteiger partial charge on any atom is 0.328 e. The van der Waals surface area contributed by atoms with Gasteiger partial charge in [0.25, 0.3) is 0 Å². The fraction of sp³-hybridized carbons (Fsp3) is 0.333. The number of para-hydroxylation sites is 1. The zero-order valence-corrected chi connectivity index (χ0v) is 9.75. The number of methoxy groups -OCH3 is 1. The van der Waals surface area contributed by atoms with Crippen molar-refractivity contribution in [1.82, 2.24) is 0 Å². The minimum atomic E-state index is -0.984. The van der Waals surface area contributed by atoms with Crippen molar-refractivity contribution < 1.29 is 14.6 Å². The molecule has 0 saturated carbocycles.